The zero-order valence-corrected chi connectivity index (χ0v) is 17.2. The number of carboxylic acids is 1. The minimum absolute atomic E-state index is 0.0746. The molecule has 0 fully saturated rings. The molecule has 0 bridgehead atoms. The zero-order chi connectivity index (χ0) is 21.3. The molecule has 0 aliphatic heterocycles. The molecule has 1 atom stereocenters. The molecule has 0 heterocycles. The fourth-order valence-electron chi connectivity index (χ4n) is 3.77. The molecule has 3 aromatic rings. The van der Waals surface area contributed by atoms with Crippen LogP contribution in [0, 0.1) is 0 Å². The predicted octanol–water partition coefficient (Wildman–Crippen LogP) is 5.66. The molecule has 3 aromatic carbocycles. The number of benzene rings is 3. The van der Waals surface area contributed by atoms with E-state index in [0.29, 0.717) is 0 Å². The van der Waals surface area contributed by atoms with E-state index < -0.39 is 18.1 Å². The molecule has 0 saturated carbocycles. The number of hydrogen-bond donors (Lipinski definition) is 2. The Morgan fingerprint density at radius 1 is 0.933 bits per heavy atom. The first kappa shape index (κ1) is 20.3. The van der Waals surface area contributed by atoms with Crippen molar-refractivity contribution < 1.29 is 19.4 Å². The van der Waals surface area contributed by atoms with Gasteiger partial charge in [-0.1, -0.05) is 83.9 Å². The summed E-state index contributed by atoms with van der Waals surface area (Å²) < 4.78 is 5.42. The number of ether oxygens (including phenoxy) is 1. The molecule has 0 aromatic heterocycles. The van der Waals surface area contributed by atoms with Gasteiger partial charge in [0, 0.05) is 11.5 Å². The summed E-state index contributed by atoms with van der Waals surface area (Å²) in [5.74, 6) is -1.39. The van der Waals surface area contributed by atoms with Crippen LogP contribution in [0.5, 0.6) is 0 Å². The molecule has 4 rings (SSSR count). The SMILES string of the molecule is O=C(NC(C(=O)O)c1cccc(Cl)c1Cl)OCC1c2ccccc2-c2ccccc21. The first-order valence-electron chi connectivity index (χ1n) is 9.25. The van der Waals surface area contributed by atoms with Gasteiger partial charge < -0.3 is 15.2 Å². The number of alkyl carbamates (subject to hydrolysis) is 1. The number of nitrogens with one attached hydrogen (secondary N) is 1. The second-order valence-corrected chi connectivity index (χ2v) is 7.67. The van der Waals surface area contributed by atoms with Gasteiger partial charge in [0.05, 0.1) is 10.0 Å². The van der Waals surface area contributed by atoms with Gasteiger partial charge in [-0.25, -0.2) is 9.59 Å². The van der Waals surface area contributed by atoms with Gasteiger partial charge in [0.1, 0.15) is 6.61 Å². The Balaban J connectivity index is 1.51. The molecule has 1 aliphatic carbocycles. The van der Waals surface area contributed by atoms with Crippen molar-refractivity contribution in [3.63, 3.8) is 0 Å². The van der Waals surface area contributed by atoms with E-state index in [1.807, 2.05) is 48.5 Å². The maximum Gasteiger partial charge on any atom is 0.408 e. The minimum Gasteiger partial charge on any atom is -0.479 e. The maximum absolute atomic E-state index is 12.4. The van der Waals surface area contributed by atoms with Crippen molar-refractivity contribution in [1.82, 2.24) is 5.32 Å². The van der Waals surface area contributed by atoms with E-state index in [1.165, 1.54) is 6.07 Å². The number of rotatable bonds is 5. The van der Waals surface area contributed by atoms with E-state index in [0.717, 1.165) is 22.3 Å². The third-order valence-electron chi connectivity index (χ3n) is 5.15. The Kier molecular flexibility index (Phi) is 5.66. The highest BCUT2D eigenvalue weighted by molar-refractivity contribution is 6.42. The van der Waals surface area contributed by atoms with Crippen LogP contribution < -0.4 is 5.32 Å². The van der Waals surface area contributed by atoms with Crippen LogP contribution in [0.4, 0.5) is 4.79 Å². The first-order valence-corrected chi connectivity index (χ1v) is 10.0. The first-order chi connectivity index (χ1) is 14.5. The summed E-state index contributed by atoms with van der Waals surface area (Å²) in [5, 5.41) is 12.2. The quantitative estimate of drug-likeness (QED) is 0.535. The van der Waals surface area contributed by atoms with Gasteiger partial charge in [0.2, 0.25) is 0 Å². The van der Waals surface area contributed by atoms with Crippen LogP contribution in [0.1, 0.15) is 28.7 Å². The van der Waals surface area contributed by atoms with Gasteiger partial charge in [-0.3, -0.25) is 0 Å². The summed E-state index contributed by atoms with van der Waals surface area (Å²) in [5.41, 5.74) is 4.54. The number of aliphatic carboxylic acids is 1. The second kappa shape index (κ2) is 8.38. The number of hydrogen-bond acceptors (Lipinski definition) is 3. The molecular formula is C23H17Cl2NO4. The highest BCUT2D eigenvalue weighted by Gasteiger charge is 2.30. The molecular weight excluding hydrogens is 425 g/mol. The lowest BCUT2D eigenvalue weighted by atomic mass is 9.98. The van der Waals surface area contributed by atoms with Gasteiger partial charge in [0.15, 0.2) is 6.04 Å². The third-order valence-corrected chi connectivity index (χ3v) is 5.98. The van der Waals surface area contributed by atoms with Gasteiger partial charge >= 0.3 is 12.1 Å². The van der Waals surface area contributed by atoms with Crippen LogP contribution in [-0.2, 0) is 9.53 Å². The van der Waals surface area contributed by atoms with Crippen molar-refractivity contribution in [2.24, 2.45) is 0 Å². The fraction of sp³-hybridized carbons (Fsp3) is 0.130. The minimum atomic E-state index is -1.38. The molecule has 7 heteroatoms. The summed E-state index contributed by atoms with van der Waals surface area (Å²) in [4.78, 5) is 24.2. The van der Waals surface area contributed by atoms with Crippen LogP contribution in [0.2, 0.25) is 10.0 Å². The van der Waals surface area contributed by atoms with Crippen molar-refractivity contribution in [2.45, 2.75) is 12.0 Å². The fourth-order valence-corrected chi connectivity index (χ4v) is 4.19. The summed E-state index contributed by atoms with van der Waals surface area (Å²) in [7, 11) is 0. The summed E-state index contributed by atoms with van der Waals surface area (Å²) in [6, 6.07) is 19.1. The smallest absolute Gasteiger partial charge is 0.408 e. The largest absolute Gasteiger partial charge is 0.479 e. The normalized spacial score (nSPS) is 13.3. The lowest BCUT2D eigenvalue weighted by Crippen LogP contribution is -2.35. The standard InChI is InChI=1S/C23H17Cl2NO4/c24-19-11-5-10-17(20(19)25)21(22(27)28)26-23(29)30-12-18-15-8-3-1-6-13(15)14-7-2-4-9-16(14)18/h1-11,18,21H,12H2,(H,26,29)(H,27,28). The van der Waals surface area contributed by atoms with E-state index in [1.54, 1.807) is 12.1 Å². The number of fused-ring (bicyclic) bond motifs is 3. The average Bonchev–Trinajstić information content (AvgIpc) is 3.06. The zero-order valence-electron chi connectivity index (χ0n) is 15.6. The van der Waals surface area contributed by atoms with E-state index in [9.17, 15) is 14.7 Å². The number of amides is 1. The molecule has 152 valence electrons. The highest BCUT2D eigenvalue weighted by Crippen LogP contribution is 2.44. The van der Waals surface area contributed by atoms with Crippen LogP contribution in [-0.4, -0.2) is 23.8 Å². The van der Waals surface area contributed by atoms with Crippen LogP contribution >= 0.6 is 23.2 Å². The lowest BCUT2D eigenvalue weighted by molar-refractivity contribution is -0.139. The molecule has 5 nitrogen and oxygen atoms in total. The van der Waals surface area contributed by atoms with Gasteiger partial charge in [-0.15, -0.1) is 0 Å². The number of carboxylic acid groups (broad SMARTS) is 1. The van der Waals surface area contributed by atoms with E-state index in [-0.39, 0.29) is 28.1 Å². The van der Waals surface area contributed by atoms with Gasteiger partial charge in [-0.2, -0.15) is 0 Å². The summed E-state index contributed by atoms with van der Waals surface area (Å²) >= 11 is 12.1. The molecule has 30 heavy (non-hydrogen) atoms. The maximum atomic E-state index is 12.4. The molecule has 0 spiro atoms. The summed E-state index contributed by atoms with van der Waals surface area (Å²) in [6.07, 6.45) is -0.847. The third kappa shape index (κ3) is 3.74. The molecule has 2 N–H and O–H groups in total. The number of halogens is 2. The Bertz CT molecular complexity index is 1090. The average molecular weight is 442 g/mol. The Hall–Kier alpha value is -3.02. The summed E-state index contributed by atoms with van der Waals surface area (Å²) in [6.45, 7) is 0.0788. The van der Waals surface area contributed by atoms with Crippen LogP contribution in [0.25, 0.3) is 11.1 Å². The monoisotopic (exact) mass is 441 g/mol. The topological polar surface area (TPSA) is 75.6 Å². The number of carbonyl (C=O) groups excluding carboxylic acids is 1. The van der Waals surface area contributed by atoms with E-state index >= 15 is 0 Å². The van der Waals surface area contributed by atoms with Crippen molar-refractivity contribution in [1.29, 1.82) is 0 Å². The van der Waals surface area contributed by atoms with Gasteiger partial charge in [0.25, 0.3) is 0 Å². The molecule has 1 aliphatic rings. The highest BCUT2D eigenvalue weighted by atomic mass is 35.5. The van der Waals surface area contributed by atoms with E-state index in [2.05, 4.69) is 5.32 Å². The van der Waals surface area contributed by atoms with E-state index in [4.69, 9.17) is 27.9 Å². The predicted molar refractivity (Wildman–Crippen MR) is 115 cm³/mol. The van der Waals surface area contributed by atoms with Crippen molar-refractivity contribution in [3.8, 4) is 11.1 Å². The second-order valence-electron chi connectivity index (χ2n) is 6.88. The number of carbonyl (C=O) groups is 2. The van der Waals surface area contributed by atoms with Crippen LogP contribution in [0.15, 0.2) is 66.7 Å². The van der Waals surface area contributed by atoms with Crippen molar-refractivity contribution in [2.75, 3.05) is 6.61 Å². The van der Waals surface area contributed by atoms with Crippen molar-refractivity contribution in [3.05, 3.63) is 93.5 Å². The molecule has 1 unspecified atom stereocenters. The Labute approximate surface area is 183 Å². The Morgan fingerprint density at radius 3 is 2.13 bits per heavy atom. The Morgan fingerprint density at radius 2 is 1.53 bits per heavy atom. The lowest BCUT2D eigenvalue weighted by Gasteiger charge is -2.18. The molecule has 0 radical (unpaired) electrons. The molecule has 1 amide bonds. The van der Waals surface area contributed by atoms with Crippen LogP contribution in [0.3, 0.4) is 0 Å². The molecule has 0 saturated heterocycles. The van der Waals surface area contributed by atoms with Gasteiger partial charge in [-0.05, 0) is 28.3 Å². The van der Waals surface area contributed by atoms with Crippen molar-refractivity contribution >= 4 is 35.3 Å².